The maximum absolute atomic E-state index is 12.2. The number of aryl methyl sites for hydroxylation is 1. The molecule has 124 valence electrons. The Labute approximate surface area is 133 Å². The summed E-state index contributed by atoms with van der Waals surface area (Å²) < 4.78 is 32.2. The molecular weight excluding hydrogens is 302 g/mol. The van der Waals surface area contributed by atoms with Gasteiger partial charge in [0.15, 0.2) is 0 Å². The zero-order chi connectivity index (χ0) is 16.6. The van der Waals surface area contributed by atoms with Crippen molar-refractivity contribution in [2.24, 2.45) is 0 Å². The van der Waals surface area contributed by atoms with Gasteiger partial charge in [-0.15, -0.1) is 0 Å². The maximum atomic E-state index is 12.2. The zero-order valence-corrected chi connectivity index (χ0v) is 14.3. The van der Waals surface area contributed by atoms with Crippen LogP contribution in [0.15, 0.2) is 23.1 Å². The molecule has 0 radical (unpaired) electrons. The lowest BCUT2D eigenvalue weighted by atomic mass is 10.1. The summed E-state index contributed by atoms with van der Waals surface area (Å²) in [5.74, 6) is 0.845. The number of benzene rings is 1. The van der Waals surface area contributed by atoms with Crippen LogP contribution in [0.5, 0.6) is 5.75 Å². The molecule has 0 aliphatic rings. The molecule has 0 spiro atoms. The first kappa shape index (κ1) is 18.6. The number of ether oxygens (including phenoxy) is 1. The van der Waals surface area contributed by atoms with Gasteiger partial charge in [0.25, 0.3) is 0 Å². The van der Waals surface area contributed by atoms with Crippen molar-refractivity contribution < 1.29 is 17.9 Å². The van der Waals surface area contributed by atoms with E-state index in [0.717, 1.165) is 25.7 Å². The van der Waals surface area contributed by atoms with E-state index in [1.54, 1.807) is 39.2 Å². The lowest BCUT2D eigenvalue weighted by Gasteiger charge is -2.10. The molecule has 0 amide bonds. The molecule has 0 aromatic heterocycles. The van der Waals surface area contributed by atoms with Crippen LogP contribution in [-0.2, 0) is 14.8 Å². The van der Waals surface area contributed by atoms with Crippen molar-refractivity contribution in [2.75, 3.05) is 13.7 Å². The molecule has 1 rings (SSSR count). The molecule has 1 N–H and O–H groups in total. The summed E-state index contributed by atoms with van der Waals surface area (Å²) in [4.78, 5) is 11.1. The normalized spacial score (nSPS) is 11.4. The number of carbonyl (C=O) groups excluding carboxylic acids is 1. The summed E-state index contributed by atoms with van der Waals surface area (Å²) in [5.41, 5.74) is 0.660. The minimum atomic E-state index is -3.48. The van der Waals surface area contributed by atoms with Gasteiger partial charge in [-0.3, -0.25) is 0 Å². The van der Waals surface area contributed by atoms with Crippen LogP contribution in [0.2, 0.25) is 0 Å². The van der Waals surface area contributed by atoms with E-state index in [-0.39, 0.29) is 10.7 Å². The first-order valence-corrected chi connectivity index (χ1v) is 8.99. The molecule has 0 aliphatic carbocycles. The summed E-state index contributed by atoms with van der Waals surface area (Å²) in [6.45, 7) is 3.75. The third-order valence-electron chi connectivity index (χ3n) is 3.42. The van der Waals surface area contributed by atoms with Gasteiger partial charge in [0, 0.05) is 13.0 Å². The highest BCUT2D eigenvalue weighted by Gasteiger charge is 2.16. The fraction of sp³-hybridized carbons (Fsp3) is 0.562. The van der Waals surface area contributed by atoms with E-state index in [0.29, 0.717) is 24.3 Å². The van der Waals surface area contributed by atoms with Gasteiger partial charge in [-0.1, -0.05) is 12.8 Å². The second-order valence-electron chi connectivity index (χ2n) is 5.40. The van der Waals surface area contributed by atoms with Gasteiger partial charge in [0.2, 0.25) is 10.0 Å². The van der Waals surface area contributed by atoms with Crippen molar-refractivity contribution >= 4 is 15.8 Å². The van der Waals surface area contributed by atoms with Crippen molar-refractivity contribution in [1.82, 2.24) is 4.72 Å². The van der Waals surface area contributed by atoms with Crippen LogP contribution in [0.3, 0.4) is 0 Å². The first-order valence-electron chi connectivity index (χ1n) is 7.50. The zero-order valence-electron chi connectivity index (χ0n) is 13.5. The summed E-state index contributed by atoms with van der Waals surface area (Å²) in [7, 11) is -1.93. The minimum Gasteiger partial charge on any atom is -0.497 e. The standard InChI is InChI=1S/C16H25NO4S/c1-13-12-15(21-3)9-10-16(13)22(19,20)17-11-7-5-4-6-8-14(2)18/h9-10,12,17H,4-8,11H2,1-3H3. The smallest absolute Gasteiger partial charge is 0.240 e. The molecule has 0 atom stereocenters. The molecule has 5 nitrogen and oxygen atoms in total. The average molecular weight is 327 g/mol. The van der Waals surface area contributed by atoms with Gasteiger partial charge >= 0.3 is 0 Å². The fourth-order valence-corrected chi connectivity index (χ4v) is 3.49. The van der Waals surface area contributed by atoms with Crippen molar-refractivity contribution in [3.05, 3.63) is 23.8 Å². The third kappa shape index (κ3) is 6.15. The number of sulfonamides is 1. The van der Waals surface area contributed by atoms with Gasteiger partial charge < -0.3 is 9.53 Å². The molecule has 1 aromatic carbocycles. The number of rotatable bonds is 10. The van der Waals surface area contributed by atoms with Crippen LogP contribution >= 0.6 is 0 Å². The molecule has 0 unspecified atom stereocenters. The highest BCUT2D eigenvalue weighted by molar-refractivity contribution is 7.89. The van der Waals surface area contributed by atoms with Crippen LogP contribution in [0, 0.1) is 6.92 Å². The fourth-order valence-electron chi connectivity index (χ4n) is 2.19. The molecule has 0 saturated carbocycles. The minimum absolute atomic E-state index is 0.204. The van der Waals surface area contributed by atoms with Gasteiger partial charge in [-0.05, 0) is 50.5 Å². The monoisotopic (exact) mass is 327 g/mol. The number of unbranched alkanes of at least 4 members (excludes halogenated alkanes) is 3. The predicted molar refractivity (Wildman–Crippen MR) is 86.7 cm³/mol. The second kappa shape index (κ2) is 8.90. The van der Waals surface area contributed by atoms with Crippen LogP contribution in [0.25, 0.3) is 0 Å². The number of carbonyl (C=O) groups is 1. The molecule has 22 heavy (non-hydrogen) atoms. The van der Waals surface area contributed by atoms with E-state index in [1.807, 2.05) is 0 Å². The number of hydrogen-bond acceptors (Lipinski definition) is 4. The van der Waals surface area contributed by atoms with Crippen LogP contribution < -0.4 is 9.46 Å². The largest absolute Gasteiger partial charge is 0.497 e. The Morgan fingerprint density at radius 1 is 1.18 bits per heavy atom. The van der Waals surface area contributed by atoms with Crippen LogP contribution in [-0.4, -0.2) is 27.9 Å². The summed E-state index contributed by atoms with van der Waals surface area (Å²) in [6, 6.07) is 4.91. The first-order chi connectivity index (χ1) is 10.4. The third-order valence-corrected chi connectivity index (χ3v) is 5.04. The van der Waals surface area contributed by atoms with Gasteiger partial charge in [0.05, 0.1) is 12.0 Å². The van der Waals surface area contributed by atoms with E-state index >= 15 is 0 Å². The van der Waals surface area contributed by atoms with E-state index in [9.17, 15) is 13.2 Å². The van der Waals surface area contributed by atoms with Crippen molar-refractivity contribution in [1.29, 1.82) is 0 Å². The Balaban J connectivity index is 2.43. The van der Waals surface area contributed by atoms with Gasteiger partial charge in [-0.2, -0.15) is 0 Å². The molecule has 6 heteroatoms. The molecular formula is C16H25NO4S. The van der Waals surface area contributed by atoms with Gasteiger partial charge in [0.1, 0.15) is 11.5 Å². The lowest BCUT2D eigenvalue weighted by Crippen LogP contribution is -2.25. The van der Waals surface area contributed by atoms with E-state index in [2.05, 4.69) is 4.72 Å². The summed E-state index contributed by atoms with van der Waals surface area (Å²) in [6.07, 6.45) is 4.11. The molecule has 0 fully saturated rings. The lowest BCUT2D eigenvalue weighted by molar-refractivity contribution is -0.117. The molecule has 1 aromatic rings. The predicted octanol–water partition coefficient (Wildman–Crippen LogP) is 2.82. The Morgan fingerprint density at radius 3 is 2.45 bits per heavy atom. The Bertz CT molecular complexity index is 596. The van der Waals surface area contributed by atoms with Crippen LogP contribution in [0.4, 0.5) is 0 Å². The van der Waals surface area contributed by atoms with E-state index in [1.165, 1.54) is 0 Å². The molecule has 0 aliphatic heterocycles. The number of ketones is 1. The quantitative estimate of drug-likeness (QED) is 0.671. The SMILES string of the molecule is COc1ccc(S(=O)(=O)NCCCCCCC(C)=O)c(C)c1. The average Bonchev–Trinajstić information content (AvgIpc) is 2.45. The highest BCUT2D eigenvalue weighted by Crippen LogP contribution is 2.20. The van der Waals surface area contributed by atoms with Crippen molar-refractivity contribution in [3.8, 4) is 5.75 Å². The van der Waals surface area contributed by atoms with Crippen LogP contribution in [0.1, 0.15) is 44.6 Å². The molecule has 0 saturated heterocycles. The Morgan fingerprint density at radius 2 is 1.86 bits per heavy atom. The topological polar surface area (TPSA) is 72.5 Å². The highest BCUT2D eigenvalue weighted by atomic mass is 32.2. The molecule has 0 bridgehead atoms. The second-order valence-corrected chi connectivity index (χ2v) is 7.13. The Kier molecular flexibility index (Phi) is 7.55. The summed E-state index contributed by atoms with van der Waals surface area (Å²) in [5, 5.41) is 0. The number of Topliss-reactive ketones (excluding diaryl/α,β-unsaturated/α-hetero) is 1. The van der Waals surface area contributed by atoms with Gasteiger partial charge in [-0.25, -0.2) is 13.1 Å². The number of nitrogens with one attached hydrogen (secondary N) is 1. The van der Waals surface area contributed by atoms with Crippen molar-refractivity contribution in [2.45, 2.75) is 50.8 Å². The number of hydrogen-bond donors (Lipinski definition) is 1. The number of methoxy groups -OCH3 is 1. The maximum Gasteiger partial charge on any atom is 0.240 e. The van der Waals surface area contributed by atoms with Crippen molar-refractivity contribution in [3.63, 3.8) is 0 Å². The Hall–Kier alpha value is -1.40. The van der Waals surface area contributed by atoms with E-state index in [4.69, 9.17) is 4.74 Å². The molecule has 0 heterocycles. The van der Waals surface area contributed by atoms with E-state index < -0.39 is 10.0 Å². The summed E-state index contributed by atoms with van der Waals surface area (Å²) >= 11 is 0.